The summed E-state index contributed by atoms with van der Waals surface area (Å²) in [6.07, 6.45) is 9.05. The SMILES string of the molecule is CC(C)(O)CCCCCc1ccc(C=Cc2cc(O)cc(O)c2)cc1. The molecule has 0 aliphatic heterocycles. The van der Waals surface area contributed by atoms with Crippen LogP contribution in [0.25, 0.3) is 12.2 Å². The molecule has 0 fully saturated rings. The second-order valence-electron chi connectivity index (χ2n) is 7.23. The Morgan fingerprint density at radius 3 is 2.00 bits per heavy atom. The maximum atomic E-state index is 9.69. The third-order valence-corrected chi connectivity index (χ3v) is 4.13. The number of hydrogen-bond acceptors (Lipinski definition) is 3. The number of aromatic hydroxyl groups is 2. The first-order chi connectivity index (χ1) is 11.8. The largest absolute Gasteiger partial charge is 0.508 e. The van der Waals surface area contributed by atoms with Gasteiger partial charge < -0.3 is 15.3 Å². The fraction of sp³-hybridized carbons (Fsp3) is 0.364. The summed E-state index contributed by atoms with van der Waals surface area (Å²) < 4.78 is 0. The molecular weight excluding hydrogens is 312 g/mol. The lowest BCUT2D eigenvalue weighted by molar-refractivity contribution is 0.0681. The summed E-state index contributed by atoms with van der Waals surface area (Å²) in [5.74, 6) is 0.110. The summed E-state index contributed by atoms with van der Waals surface area (Å²) in [4.78, 5) is 0. The van der Waals surface area contributed by atoms with Gasteiger partial charge in [-0.2, -0.15) is 0 Å². The zero-order valence-electron chi connectivity index (χ0n) is 15.1. The molecule has 25 heavy (non-hydrogen) atoms. The number of benzene rings is 2. The Morgan fingerprint density at radius 1 is 0.800 bits per heavy atom. The van der Waals surface area contributed by atoms with Crippen LogP contribution in [0.15, 0.2) is 42.5 Å². The molecular formula is C22H28O3. The number of aliphatic hydroxyl groups is 1. The molecule has 2 aromatic carbocycles. The molecule has 0 bridgehead atoms. The molecule has 0 heterocycles. The van der Waals surface area contributed by atoms with Crippen molar-refractivity contribution >= 4 is 12.2 Å². The van der Waals surface area contributed by atoms with Gasteiger partial charge in [0, 0.05) is 6.07 Å². The number of phenolic OH excluding ortho intramolecular Hbond substituents is 2. The average molecular weight is 340 g/mol. The van der Waals surface area contributed by atoms with Crippen LogP contribution in [-0.4, -0.2) is 20.9 Å². The molecule has 3 N–H and O–H groups in total. The lowest BCUT2D eigenvalue weighted by atomic mass is 9.99. The normalized spacial score (nSPS) is 12.0. The predicted octanol–water partition coefficient (Wildman–Crippen LogP) is 5.14. The summed E-state index contributed by atoms with van der Waals surface area (Å²) >= 11 is 0. The highest BCUT2D eigenvalue weighted by molar-refractivity contribution is 5.71. The van der Waals surface area contributed by atoms with Crippen LogP contribution in [0.3, 0.4) is 0 Å². The molecule has 0 saturated heterocycles. The van der Waals surface area contributed by atoms with Crippen molar-refractivity contribution in [3.63, 3.8) is 0 Å². The molecule has 0 aromatic heterocycles. The van der Waals surface area contributed by atoms with Crippen molar-refractivity contribution in [1.29, 1.82) is 0 Å². The average Bonchev–Trinajstić information content (AvgIpc) is 2.52. The lowest BCUT2D eigenvalue weighted by Gasteiger charge is -2.16. The van der Waals surface area contributed by atoms with E-state index in [0.29, 0.717) is 0 Å². The van der Waals surface area contributed by atoms with E-state index in [4.69, 9.17) is 0 Å². The molecule has 134 valence electrons. The van der Waals surface area contributed by atoms with Gasteiger partial charge in [0.15, 0.2) is 0 Å². The minimum Gasteiger partial charge on any atom is -0.508 e. The van der Waals surface area contributed by atoms with Crippen LogP contribution in [0, 0.1) is 0 Å². The molecule has 0 aliphatic carbocycles. The number of aryl methyl sites for hydroxylation is 1. The number of rotatable bonds is 8. The van der Waals surface area contributed by atoms with Crippen molar-refractivity contribution in [1.82, 2.24) is 0 Å². The van der Waals surface area contributed by atoms with Crippen molar-refractivity contribution in [2.45, 2.75) is 51.6 Å². The van der Waals surface area contributed by atoms with Crippen LogP contribution in [-0.2, 0) is 6.42 Å². The van der Waals surface area contributed by atoms with Gasteiger partial charge in [-0.05, 0) is 61.9 Å². The molecule has 0 spiro atoms. The molecule has 3 heteroatoms. The lowest BCUT2D eigenvalue weighted by Crippen LogP contribution is -2.17. The maximum Gasteiger partial charge on any atom is 0.119 e. The van der Waals surface area contributed by atoms with Crippen molar-refractivity contribution < 1.29 is 15.3 Å². The van der Waals surface area contributed by atoms with E-state index < -0.39 is 5.60 Å². The third kappa shape index (κ3) is 7.44. The Kier molecular flexibility index (Phi) is 6.65. The molecule has 0 radical (unpaired) electrons. The highest BCUT2D eigenvalue weighted by atomic mass is 16.3. The second-order valence-corrected chi connectivity index (χ2v) is 7.23. The fourth-order valence-electron chi connectivity index (χ4n) is 2.77. The zero-order chi connectivity index (χ0) is 18.3. The van der Waals surface area contributed by atoms with E-state index in [-0.39, 0.29) is 11.5 Å². The summed E-state index contributed by atoms with van der Waals surface area (Å²) in [6, 6.07) is 13.0. The van der Waals surface area contributed by atoms with Gasteiger partial charge in [0.25, 0.3) is 0 Å². The number of hydrogen-bond donors (Lipinski definition) is 3. The first kappa shape index (κ1) is 19.1. The molecule has 0 atom stereocenters. The highest BCUT2D eigenvalue weighted by Gasteiger charge is 2.10. The van der Waals surface area contributed by atoms with Crippen LogP contribution in [0.4, 0.5) is 0 Å². The first-order valence-electron chi connectivity index (χ1n) is 8.84. The number of unbranched alkanes of at least 4 members (excludes halogenated alkanes) is 2. The van der Waals surface area contributed by atoms with Gasteiger partial charge in [-0.25, -0.2) is 0 Å². The molecule has 2 aromatic rings. The Morgan fingerprint density at radius 2 is 1.40 bits per heavy atom. The standard InChI is InChI=1S/C22H28O3/c1-22(2,25)13-5-3-4-6-17-7-9-18(10-8-17)11-12-19-14-20(23)16-21(24)15-19/h7-12,14-16,23-25H,3-6,13H2,1-2H3. The van der Waals surface area contributed by atoms with E-state index in [1.807, 2.05) is 26.0 Å². The van der Waals surface area contributed by atoms with E-state index in [9.17, 15) is 15.3 Å². The van der Waals surface area contributed by atoms with E-state index in [1.165, 1.54) is 11.6 Å². The van der Waals surface area contributed by atoms with Crippen LogP contribution in [0.5, 0.6) is 11.5 Å². The summed E-state index contributed by atoms with van der Waals surface area (Å²) in [7, 11) is 0. The molecule has 0 saturated carbocycles. The topological polar surface area (TPSA) is 60.7 Å². The van der Waals surface area contributed by atoms with Crippen LogP contribution >= 0.6 is 0 Å². The maximum absolute atomic E-state index is 9.69. The van der Waals surface area contributed by atoms with Gasteiger partial charge in [-0.1, -0.05) is 49.3 Å². The van der Waals surface area contributed by atoms with Gasteiger partial charge in [0.2, 0.25) is 0 Å². The molecule has 3 nitrogen and oxygen atoms in total. The summed E-state index contributed by atoms with van der Waals surface area (Å²) in [5, 5.41) is 28.7. The van der Waals surface area contributed by atoms with Crippen LogP contribution < -0.4 is 0 Å². The fourth-order valence-corrected chi connectivity index (χ4v) is 2.77. The van der Waals surface area contributed by atoms with Crippen molar-refractivity contribution in [3.05, 3.63) is 59.2 Å². The van der Waals surface area contributed by atoms with Gasteiger partial charge in [0.1, 0.15) is 11.5 Å². The minimum absolute atomic E-state index is 0.0552. The molecule has 0 amide bonds. The van der Waals surface area contributed by atoms with Crippen LogP contribution in [0.2, 0.25) is 0 Å². The van der Waals surface area contributed by atoms with E-state index >= 15 is 0 Å². The smallest absolute Gasteiger partial charge is 0.119 e. The van der Waals surface area contributed by atoms with E-state index in [2.05, 4.69) is 24.3 Å². The molecule has 0 aliphatic rings. The molecule has 2 rings (SSSR count). The Bertz CT molecular complexity index is 674. The van der Waals surface area contributed by atoms with Crippen molar-refractivity contribution in [2.75, 3.05) is 0 Å². The van der Waals surface area contributed by atoms with Gasteiger partial charge in [-0.15, -0.1) is 0 Å². The first-order valence-corrected chi connectivity index (χ1v) is 8.84. The summed E-state index contributed by atoms with van der Waals surface area (Å²) in [5.41, 5.74) is 2.60. The van der Waals surface area contributed by atoms with Crippen molar-refractivity contribution in [2.24, 2.45) is 0 Å². The monoisotopic (exact) mass is 340 g/mol. The van der Waals surface area contributed by atoms with Crippen LogP contribution in [0.1, 0.15) is 56.2 Å². The predicted molar refractivity (Wildman–Crippen MR) is 104 cm³/mol. The number of phenols is 2. The van der Waals surface area contributed by atoms with Gasteiger partial charge in [0.05, 0.1) is 5.60 Å². The van der Waals surface area contributed by atoms with E-state index in [1.54, 1.807) is 12.1 Å². The summed E-state index contributed by atoms with van der Waals surface area (Å²) in [6.45, 7) is 3.72. The Labute approximate surface area is 150 Å². The minimum atomic E-state index is -0.555. The highest BCUT2D eigenvalue weighted by Crippen LogP contribution is 2.22. The Balaban J connectivity index is 1.82. The Hall–Kier alpha value is -2.26. The second kappa shape index (κ2) is 8.72. The van der Waals surface area contributed by atoms with Gasteiger partial charge in [-0.3, -0.25) is 0 Å². The quantitative estimate of drug-likeness (QED) is 0.460. The van der Waals surface area contributed by atoms with Crippen molar-refractivity contribution in [3.8, 4) is 11.5 Å². The van der Waals surface area contributed by atoms with Gasteiger partial charge >= 0.3 is 0 Å². The molecule has 0 unspecified atom stereocenters. The third-order valence-electron chi connectivity index (χ3n) is 4.13. The zero-order valence-corrected chi connectivity index (χ0v) is 15.1. The van der Waals surface area contributed by atoms with E-state index in [0.717, 1.165) is 43.2 Å².